The Morgan fingerprint density at radius 2 is 2.00 bits per heavy atom. The Labute approximate surface area is 102 Å². The minimum absolute atomic E-state index is 0.182. The Balaban J connectivity index is 1.87. The van der Waals surface area contributed by atoms with E-state index in [1.165, 1.54) is 12.8 Å². The van der Waals surface area contributed by atoms with Crippen molar-refractivity contribution < 1.29 is 4.79 Å². The van der Waals surface area contributed by atoms with Gasteiger partial charge in [0.05, 0.1) is 0 Å². The summed E-state index contributed by atoms with van der Waals surface area (Å²) in [5.41, 5.74) is 7.08. The summed E-state index contributed by atoms with van der Waals surface area (Å²) in [6.07, 6.45) is 4.00. The van der Waals surface area contributed by atoms with Crippen LogP contribution in [0.15, 0.2) is 24.3 Å². The molecule has 3 heteroatoms. The van der Waals surface area contributed by atoms with Crippen LogP contribution in [0.5, 0.6) is 0 Å². The van der Waals surface area contributed by atoms with Crippen molar-refractivity contribution in [3.05, 3.63) is 29.8 Å². The molecule has 1 aliphatic rings. The molecule has 1 aromatic carbocycles. The molecule has 1 aliphatic heterocycles. The van der Waals surface area contributed by atoms with Crippen molar-refractivity contribution >= 4 is 11.5 Å². The maximum atomic E-state index is 12.0. The quantitative estimate of drug-likeness (QED) is 0.618. The molecule has 0 saturated carbocycles. The van der Waals surface area contributed by atoms with Gasteiger partial charge in [0.15, 0.2) is 5.78 Å². The average molecular weight is 232 g/mol. The monoisotopic (exact) mass is 232 g/mol. The predicted molar refractivity (Wildman–Crippen MR) is 70.0 cm³/mol. The van der Waals surface area contributed by atoms with Gasteiger partial charge in [0.1, 0.15) is 0 Å². The van der Waals surface area contributed by atoms with E-state index in [0.717, 1.165) is 19.5 Å². The fraction of sp³-hybridized carbons (Fsp3) is 0.500. The van der Waals surface area contributed by atoms with E-state index in [1.807, 2.05) is 18.2 Å². The van der Waals surface area contributed by atoms with Crippen LogP contribution in [0.1, 0.15) is 36.0 Å². The Hall–Kier alpha value is -1.35. The first kappa shape index (κ1) is 12.1. The number of nitrogens with one attached hydrogen (secondary N) is 1. The van der Waals surface area contributed by atoms with Crippen molar-refractivity contribution in [1.29, 1.82) is 0 Å². The summed E-state index contributed by atoms with van der Waals surface area (Å²) < 4.78 is 0. The van der Waals surface area contributed by atoms with Crippen LogP contribution >= 0.6 is 0 Å². The number of piperidine rings is 1. The predicted octanol–water partition coefficient (Wildman–Crippen LogP) is 2.23. The summed E-state index contributed by atoms with van der Waals surface area (Å²) >= 11 is 0. The molecule has 3 nitrogen and oxygen atoms in total. The zero-order valence-electron chi connectivity index (χ0n) is 10.1. The molecule has 0 spiro atoms. The third-order valence-electron chi connectivity index (χ3n) is 3.50. The zero-order valence-corrected chi connectivity index (χ0v) is 10.1. The number of Topliss-reactive ketones (excluding diaryl/α,β-unsaturated/α-hetero) is 1. The lowest BCUT2D eigenvalue weighted by Crippen LogP contribution is -2.28. The number of nitrogens with two attached hydrogens (primary N) is 1. The van der Waals surface area contributed by atoms with Gasteiger partial charge in [-0.15, -0.1) is 0 Å². The van der Waals surface area contributed by atoms with Crippen molar-refractivity contribution in [1.82, 2.24) is 5.32 Å². The fourth-order valence-corrected chi connectivity index (χ4v) is 2.39. The summed E-state index contributed by atoms with van der Waals surface area (Å²) in [7, 11) is 0. The van der Waals surface area contributed by atoms with Crippen LogP contribution in [0.2, 0.25) is 0 Å². The SMILES string of the molecule is Nc1ccccc1C(=O)CCC1CCNCC1. The molecule has 1 fully saturated rings. The van der Waals surface area contributed by atoms with Gasteiger partial charge < -0.3 is 11.1 Å². The topological polar surface area (TPSA) is 55.1 Å². The summed E-state index contributed by atoms with van der Waals surface area (Å²) in [5, 5.41) is 3.34. The van der Waals surface area contributed by atoms with Gasteiger partial charge >= 0.3 is 0 Å². The van der Waals surface area contributed by atoms with Gasteiger partial charge in [-0.3, -0.25) is 4.79 Å². The van der Waals surface area contributed by atoms with E-state index in [2.05, 4.69) is 5.32 Å². The number of carbonyl (C=O) groups excluding carboxylic acids is 1. The molecule has 0 aromatic heterocycles. The van der Waals surface area contributed by atoms with Crippen LogP contribution in [0.4, 0.5) is 5.69 Å². The van der Waals surface area contributed by atoms with Crippen molar-refractivity contribution in [3.8, 4) is 0 Å². The lowest BCUT2D eigenvalue weighted by Gasteiger charge is -2.22. The van der Waals surface area contributed by atoms with Crippen molar-refractivity contribution in [2.75, 3.05) is 18.8 Å². The third-order valence-corrected chi connectivity index (χ3v) is 3.50. The molecule has 0 bridgehead atoms. The second-order valence-electron chi connectivity index (χ2n) is 4.74. The van der Waals surface area contributed by atoms with E-state index < -0.39 is 0 Å². The summed E-state index contributed by atoms with van der Waals surface area (Å²) in [6, 6.07) is 7.34. The van der Waals surface area contributed by atoms with Gasteiger partial charge in [-0.25, -0.2) is 0 Å². The highest BCUT2D eigenvalue weighted by atomic mass is 16.1. The molecule has 92 valence electrons. The maximum absolute atomic E-state index is 12.0. The smallest absolute Gasteiger partial charge is 0.164 e. The minimum Gasteiger partial charge on any atom is -0.398 e. The summed E-state index contributed by atoms with van der Waals surface area (Å²) in [4.78, 5) is 12.0. The number of hydrogen-bond acceptors (Lipinski definition) is 3. The Kier molecular flexibility index (Phi) is 4.15. The molecule has 0 radical (unpaired) electrons. The molecule has 3 N–H and O–H groups in total. The lowest BCUT2D eigenvalue weighted by molar-refractivity contribution is 0.0971. The number of anilines is 1. The standard InChI is InChI=1S/C14H20N2O/c15-13-4-2-1-3-12(13)14(17)6-5-11-7-9-16-10-8-11/h1-4,11,16H,5-10,15H2. The molecular formula is C14H20N2O. The van der Waals surface area contributed by atoms with Crippen LogP contribution in [0, 0.1) is 5.92 Å². The van der Waals surface area contributed by atoms with Crippen molar-refractivity contribution in [3.63, 3.8) is 0 Å². The Bertz CT molecular complexity index is 384. The van der Waals surface area contributed by atoms with E-state index in [9.17, 15) is 4.79 Å². The molecule has 0 atom stereocenters. The van der Waals surface area contributed by atoms with Crippen LogP contribution in [-0.2, 0) is 0 Å². The largest absolute Gasteiger partial charge is 0.398 e. The van der Waals surface area contributed by atoms with E-state index in [0.29, 0.717) is 23.6 Å². The lowest BCUT2D eigenvalue weighted by atomic mass is 9.91. The van der Waals surface area contributed by atoms with Crippen LogP contribution in [0.25, 0.3) is 0 Å². The maximum Gasteiger partial charge on any atom is 0.164 e. The van der Waals surface area contributed by atoms with E-state index in [1.54, 1.807) is 6.07 Å². The van der Waals surface area contributed by atoms with Gasteiger partial charge in [-0.2, -0.15) is 0 Å². The van der Waals surface area contributed by atoms with E-state index >= 15 is 0 Å². The number of rotatable bonds is 4. The van der Waals surface area contributed by atoms with E-state index in [-0.39, 0.29) is 5.78 Å². The van der Waals surface area contributed by atoms with Crippen LogP contribution in [0.3, 0.4) is 0 Å². The highest BCUT2D eigenvalue weighted by Gasteiger charge is 2.16. The molecule has 1 aromatic rings. The molecule has 0 amide bonds. The molecule has 2 rings (SSSR count). The minimum atomic E-state index is 0.182. The molecule has 1 saturated heterocycles. The molecular weight excluding hydrogens is 212 g/mol. The first-order valence-corrected chi connectivity index (χ1v) is 6.36. The average Bonchev–Trinajstić information content (AvgIpc) is 2.38. The third kappa shape index (κ3) is 3.30. The fourth-order valence-electron chi connectivity index (χ4n) is 2.39. The molecule has 17 heavy (non-hydrogen) atoms. The highest BCUT2D eigenvalue weighted by Crippen LogP contribution is 2.20. The molecule has 0 aliphatic carbocycles. The normalized spacial score (nSPS) is 16.9. The summed E-state index contributed by atoms with van der Waals surface area (Å²) in [6.45, 7) is 2.18. The first-order valence-electron chi connectivity index (χ1n) is 6.36. The van der Waals surface area contributed by atoms with Crippen LogP contribution in [-0.4, -0.2) is 18.9 Å². The number of hydrogen-bond donors (Lipinski definition) is 2. The van der Waals surface area contributed by atoms with Gasteiger partial charge in [0.2, 0.25) is 0 Å². The Morgan fingerprint density at radius 3 is 2.71 bits per heavy atom. The molecule has 1 heterocycles. The number of carbonyl (C=O) groups is 1. The highest BCUT2D eigenvalue weighted by molar-refractivity contribution is 6.00. The van der Waals surface area contributed by atoms with Gasteiger partial charge in [0, 0.05) is 17.7 Å². The van der Waals surface area contributed by atoms with Crippen LogP contribution < -0.4 is 11.1 Å². The Morgan fingerprint density at radius 1 is 1.29 bits per heavy atom. The van der Waals surface area contributed by atoms with Crippen molar-refractivity contribution in [2.45, 2.75) is 25.7 Å². The zero-order chi connectivity index (χ0) is 12.1. The second kappa shape index (κ2) is 5.82. The molecule has 0 unspecified atom stereocenters. The number of para-hydroxylation sites is 1. The number of ketones is 1. The van der Waals surface area contributed by atoms with E-state index in [4.69, 9.17) is 5.73 Å². The second-order valence-corrected chi connectivity index (χ2v) is 4.74. The van der Waals surface area contributed by atoms with Gasteiger partial charge in [-0.1, -0.05) is 12.1 Å². The number of nitrogen functional groups attached to an aromatic ring is 1. The number of benzene rings is 1. The van der Waals surface area contributed by atoms with Gasteiger partial charge in [0.25, 0.3) is 0 Å². The summed E-state index contributed by atoms with van der Waals surface area (Å²) in [5.74, 6) is 0.881. The van der Waals surface area contributed by atoms with Gasteiger partial charge in [-0.05, 0) is 50.4 Å². The first-order chi connectivity index (χ1) is 8.27. The van der Waals surface area contributed by atoms with Crippen molar-refractivity contribution in [2.24, 2.45) is 5.92 Å².